The first kappa shape index (κ1) is 46.4. The summed E-state index contributed by atoms with van der Waals surface area (Å²) in [7, 11) is -14.3. The van der Waals surface area contributed by atoms with E-state index in [4.69, 9.17) is 13.6 Å². The Morgan fingerprint density at radius 1 is 0.324 bits per heavy atom. The molecule has 0 bridgehead atoms. The zero-order valence-corrected chi connectivity index (χ0v) is 40.8. The van der Waals surface area contributed by atoms with E-state index in [9.17, 15) is 13.7 Å². The van der Waals surface area contributed by atoms with Gasteiger partial charge in [-0.1, -0.05) is 127 Å². The molecule has 7 nitrogen and oxygen atoms in total. The van der Waals surface area contributed by atoms with Gasteiger partial charge in [-0.2, -0.15) is 0 Å². The smallest absolute Gasteiger partial charge is 0.281 e. The normalized spacial score (nSPS) is 14.9. The first-order chi connectivity index (χ1) is 33.0. The lowest BCUT2D eigenvalue weighted by molar-refractivity contribution is 0.494. The Morgan fingerprint density at radius 3 is 0.838 bits per heavy atom. The first-order valence-electron chi connectivity index (χ1n) is 22.1. The summed E-state index contributed by atoms with van der Waals surface area (Å²) in [5, 5.41) is 8.49. The van der Waals surface area contributed by atoms with Crippen molar-refractivity contribution in [3.8, 4) is 17.2 Å². The largest absolute Gasteiger partial charge is 0.440 e. The molecule has 0 saturated heterocycles. The molecule has 68 heavy (non-hydrogen) atoms. The molecule has 0 saturated carbocycles. The van der Waals surface area contributed by atoms with Gasteiger partial charge in [0.2, 0.25) is 0 Å². The molecule has 0 fully saturated rings. The van der Waals surface area contributed by atoms with E-state index in [2.05, 4.69) is 19.7 Å². The molecule has 0 spiro atoms. The van der Waals surface area contributed by atoms with Gasteiger partial charge in [0.15, 0.2) is 7.14 Å². The van der Waals surface area contributed by atoms with E-state index in [0.717, 1.165) is 32.3 Å². The standard InChI is InChI=1S/C57H48O7P4/c1-4-40-65(58,55-25-13-19-43-16-7-10-22-52(43)55)62-46-28-34-49(35-29-46)68(61,50-36-30-47(31-37-50)63-66(59,41-5-2)56-26-14-20-44-17-8-11-23-53(44)56)51-38-32-48(33-39-51)64-67(60,42-6-3)57-27-15-21-45-18-9-12-24-54(45)57/h4-39H,1-3,40-42H2. The minimum Gasteiger partial charge on any atom is -0.440 e. The Hall–Kier alpha value is -6.70. The maximum absolute atomic E-state index is 16.1. The van der Waals surface area contributed by atoms with Crippen LogP contribution in [0.3, 0.4) is 0 Å². The SMILES string of the molecule is C=CCP(=O)(Oc1ccc(P(=O)(c2ccc(OP(=O)(CC=C)c3cccc4ccccc34)cc2)c2ccc(OP(=O)(CC=C)c3cccc4ccccc34)cc2)cc1)c1cccc2ccccc12. The second kappa shape index (κ2) is 19.5. The van der Waals surface area contributed by atoms with E-state index in [0.29, 0.717) is 49.1 Å². The van der Waals surface area contributed by atoms with Crippen molar-refractivity contribution in [1.82, 2.24) is 0 Å². The molecule has 0 aliphatic heterocycles. The van der Waals surface area contributed by atoms with E-state index in [1.807, 2.05) is 127 Å². The Morgan fingerprint density at radius 2 is 0.574 bits per heavy atom. The molecule has 11 heteroatoms. The van der Waals surface area contributed by atoms with E-state index < -0.39 is 29.2 Å². The van der Waals surface area contributed by atoms with Crippen LogP contribution >= 0.6 is 29.2 Å². The van der Waals surface area contributed by atoms with Crippen LogP contribution in [0.1, 0.15) is 0 Å². The van der Waals surface area contributed by atoms with Crippen LogP contribution in [-0.2, 0) is 18.3 Å². The van der Waals surface area contributed by atoms with Gasteiger partial charge in [0.25, 0.3) is 22.1 Å². The van der Waals surface area contributed by atoms with Crippen LogP contribution in [0.15, 0.2) is 238 Å². The topological polar surface area (TPSA) is 96.0 Å². The van der Waals surface area contributed by atoms with Crippen molar-refractivity contribution in [3.05, 3.63) is 238 Å². The highest BCUT2D eigenvalue weighted by molar-refractivity contribution is 7.85. The number of benzene rings is 9. The molecule has 3 unspecified atom stereocenters. The Kier molecular flexibility index (Phi) is 13.3. The fraction of sp³-hybridized carbons (Fsp3) is 0.0526. The maximum atomic E-state index is 16.1. The molecule has 0 heterocycles. The van der Waals surface area contributed by atoms with Gasteiger partial charge in [0.05, 0.1) is 34.4 Å². The van der Waals surface area contributed by atoms with E-state index in [1.165, 1.54) is 0 Å². The lowest BCUT2D eigenvalue weighted by Gasteiger charge is -2.24. The van der Waals surface area contributed by atoms with Crippen LogP contribution in [0.25, 0.3) is 32.3 Å². The minimum absolute atomic E-state index is 0.102. The molecule has 0 amide bonds. The maximum Gasteiger partial charge on any atom is 0.281 e. The van der Waals surface area contributed by atoms with Crippen molar-refractivity contribution in [2.45, 2.75) is 0 Å². The monoisotopic (exact) mass is 968 g/mol. The number of hydrogen-bond donors (Lipinski definition) is 0. The summed E-state index contributed by atoms with van der Waals surface area (Å²) in [5.74, 6) is 1.01. The number of fused-ring (bicyclic) bond motifs is 3. The summed E-state index contributed by atoms with van der Waals surface area (Å²) in [6.07, 6.45) is 5.10. The summed E-state index contributed by atoms with van der Waals surface area (Å²) in [6, 6.07) is 60.7. The third-order valence-electron chi connectivity index (χ3n) is 11.9. The fourth-order valence-electron chi connectivity index (χ4n) is 8.69. The van der Waals surface area contributed by atoms with E-state index >= 15 is 4.57 Å². The molecular formula is C57H48O7P4. The zero-order valence-electron chi connectivity index (χ0n) is 37.2. The molecule has 0 N–H and O–H groups in total. The molecule has 338 valence electrons. The minimum atomic E-state index is -3.72. The van der Waals surface area contributed by atoms with Crippen molar-refractivity contribution in [2.24, 2.45) is 0 Å². The van der Waals surface area contributed by atoms with Crippen LogP contribution < -0.4 is 45.4 Å². The van der Waals surface area contributed by atoms with Crippen LogP contribution in [0.4, 0.5) is 0 Å². The molecular weight excluding hydrogens is 921 g/mol. The summed E-state index contributed by atoms with van der Waals surface area (Å²) in [5.41, 5.74) is 0. The van der Waals surface area contributed by atoms with Crippen LogP contribution in [-0.4, -0.2) is 18.5 Å². The molecule has 0 aliphatic carbocycles. The third-order valence-corrected chi connectivity index (χ3v) is 22.1. The van der Waals surface area contributed by atoms with Gasteiger partial charge in [-0.3, -0.25) is 13.7 Å². The van der Waals surface area contributed by atoms with Crippen molar-refractivity contribution >= 4 is 93.4 Å². The van der Waals surface area contributed by atoms with Gasteiger partial charge in [-0.15, -0.1) is 19.7 Å². The van der Waals surface area contributed by atoms with Crippen molar-refractivity contribution in [1.29, 1.82) is 0 Å². The first-order valence-corrected chi connectivity index (χ1v) is 29.2. The molecule has 9 rings (SSSR count). The van der Waals surface area contributed by atoms with Crippen molar-refractivity contribution < 1.29 is 31.8 Å². The average molecular weight is 969 g/mol. The Balaban J connectivity index is 1.09. The highest BCUT2D eigenvalue weighted by Crippen LogP contribution is 2.52. The molecule has 9 aromatic carbocycles. The van der Waals surface area contributed by atoms with Gasteiger partial charge in [0, 0.05) is 15.9 Å². The summed E-state index contributed by atoms with van der Waals surface area (Å²) in [4.78, 5) is 0. The third kappa shape index (κ3) is 9.04. The predicted molar refractivity (Wildman–Crippen MR) is 286 cm³/mol. The summed E-state index contributed by atoms with van der Waals surface area (Å²) >= 11 is 0. The number of rotatable bonds is 18. The molecule has 0 radical (unpaired) electrons. The van der Waals surface area contributed by atoms with Crippen LogP contribution in [0.2, 0.25) is 0 Å². The highest BCUT2D eigenvalue weighted by Gasteiger charge is 2.34. The quantitative estimate of drug-likeness (QED) is 0.0624. The predicted octanol–water partition coefficient (Wildman–Crippen LogP) is 13.3. The molecule has 9 aromatic rings. The van der Waals surface area contributed by atoms with Gasteiger partial charge in [-0.25, -0.2) is 0 Å². The van der Waals surface area contributed by atoms with Gasteiger partial charge in [-0.05, 0) is 123 Å². The van der Waals surface area contributed by atoms with Crippen molar-refractivity contribution in [2.75, 3.05) is 18.5 Å². The lowest BCUT2D eigenvalue weighted by atomic mass is 10.1. The zero-order chi connectivity index (χ0) is 47.4. The Labute approximate surface area is 397 Å². The fourth-order valence-corrected chi connectivity index (χ4v) is 17.5. The summed E-state index contributed by atoms with van der Waals surface area (Å²) in [6.45, 7) is 11.7. The number of allylic oxidation sites excluding steroid dienone is 3. The molecule has 0 aromatic heterocycles. The van der Waals surface area contributed by atoms with E-state index in [-0.39, 0.29) is 18.5 Å². The van der Waals surface area contributed by atoms with Crippen LogP contribution in [0.5, 0.6) is 17.2 Å². The lowest BCUT2D eigenvalue weighted by Crippen LogP contribution is -2.25. The van der Waals surface area contributed by atoms with Gasteiger partial charge in [0.1, 0.15) is 17.2 Å². The average Bonchev–Trinajstić information content (AvgIpc) is 3.36. The van der Waals surface area contributed by atoms with E-state index in [1.54, 1.807) is 91.0 Å². The van der Waals surface area contributed by atoms with Gasteiger partial charge >= 0.3 is 0 Å². The van der Waals surface area contributed by atoms with Crippen LogP contribution in [0, 0.1) is 0 Å². The van der Waals surface area contributed by atoms with Gasteiger partial charge < -0.3 is 18.1 Å². The van der Waals surface area contributed by atoms with Crippen molar-refractivity contribution in [3.63, 3.8) is 0 Å². The molecule has 0 aliphatic rings. The number of hydrogen-bond acceptors (Lipinski definition) is 7. The second-order valence-corrected chi connectivity index (χ2v) is 26.2. The Bertz CT molecular complexity index is 3160. The molecule has 3 atom stereocenters. The second-order valence-electron chi connectivity index (χ2n) is 16.3. The summed E-state index contributed by atoms with van der Waals surface area (Å²) < 4.78 is 79.6. The highest BCUT2D eigenvalue weighted by atomic mass is 31.2.